The van der Waals surface area contributed by atoms with Crippen LogP contribution in [0.3, 0.4) is 0 Å². The van der Waals surface area contributed by atoms with Gasteiger partial charge in [0.25, 0.3) is 0 Å². The number of carboxylic acid groups (broad SMARTS) is 1. The number of carbonyl (C=O) groups is 2. The number of aromatic nitrogens is 2. The average Bonchev–Trinajstić information content (AvgIpc) is 3.32. The molecule has 0 amide bonds. The number of aryl methyl sites for hydroxylation is 1. The number of aromatic carboxylic acids is 1. The Morgan fingerprint density at radius 3 is 2.53 bits per heavy atom. The molecule has 3 heterocycles. The van der Waals surface area contributed by atoms with Crippen LogP contribution in [0.15, 0.2) is 54.7 Å². The van der Waals surface area contributed by atoms with Gasteiger partial charge in [0.1, 0.15) is 0 Å². The van der Waals surface area contributed by atoms with Gasteiger partial charge in [0.2, 0.25) is 0 Å². The van der Waals surface area contributed by atoms with Crippen molar-refractivity contribution in [1.82, 2.24) is 19.8 Å². The number of hydrogen-bond donors (Lipinski definition) is 2. The van der Waals surface area contributed by atoms with Gasteiger partial charge in [-0.05, 0) is 74.1 Å². The first-order chi connectivity index (χ1) is 16.3. The van der Waals surface area contributed by atoms with Crippen LogP contribution in [-0.4, -0.2) is 50.3 Å². The minimum atomic E-state index is -0.960. The fourth-order valence-corrected chi connectivity index (χ4v) is 4.87. The maximum atomic E-state index is 11.9. The molecule has 0 bridgehead atoms. The summed E-state index contributed by atoms with van der Waals surface area (Å²) in [6.07, 6.45) is 1.96. The van der Waals surface area contributed by atoms with Crippen molar-refractivity contribution in [3.63, 3.8) is 0 Å². The lowest BCUT2D eigenvalue weighted by atomic mass is 9.96. The molecule has 2 N–H and O–H groups in total. The van der Waals surface area contributed by atoms with E-state index in [4.69, 9.17) is 17.0 Å². The summed E-state index contributed by atoms with van der Waals surface area (Å²) in [6.45, 7) is 4.45. The minimum absolute atomic E-state index is 0.190. The van der Waals surface area contributed by atoms with Crippen molar-refractivity contribution in [2.24, 2.45) is 0 Å². The van der Waals surface area contributed by atoms with Crippen molar-refractivity contribution in [2.45, 2.75) is 32.4 Å². The molecule has 0 saturated carbocycles. The Balaban J connectivity index is 1.77. The van der Waals surface area contributed by atoms with Gasteiger partial charge in [-0.25, -0.2) is 4.79 Å². The number of methoxy groups -OCH3 is 1. The van der Waals surface area contributed by atoms with Gasteiger partial charge in [-0.2, -0.15) is 0 Å². The van der Waals surface area contributed by atoms with Crippen molar-refractivity contribution in [3.05, 3.63) is 82.9 Å². The van der Waals surface area contributed by atoms with Gasteiger partial charge >= 0.3 is 11.9 Å². The number of carboxylic acids is 1. The highest BCUT2D eigenvalue weighted by Gasteiger charge is 2.41. The number of benzene rings is 1. The molecule has 176 valence electrons. The van der Waals surface area contributed by atoms with E-state index >= 15 is 0 Å². The van der Waals surface area contributed by atoms with E-state index in [9.17, 15) is 14.7 Å². The fourth-order valence-electron chi connectivity index (χ4n) is 4.54. The zero-order chi connectivity index (χ0) is 24.4. The molecule has 0 aliphatic carbocycles. The summed E-state index contributed by atoms with van der Waals surface area (Å²) >= 11 is 5.67. The number of nitrogens with zero attached hydrogens (tertiary/aromatic N) is 3. The van der Waals surface area contributed by atoms with Gasteiger partial charge in [-0.1, -0.05) is 6.07 Å². The standard InChI is InChI=1S/C25H26N4O4S/c1-15-14-19(16(2)29(15)18-9-7-17(8-10-18)24(31)32)23-22(20-6-4-5-12-26-20)27-25(34)28(23)13-11-21(30)33-3/h4-10,12,14,22-23H,11,13H2,1-3H3,(H,27,34)(H,31,32)/t22-,23-/m1/s1. The smallest absolute Gasteiger partial charge is 0.335 e. The zero-order valence-electron chi connectivity index (χ0n) is 19.2. The zero-order valence-corrected chi connectivity index (χ0v) is 20.0. The van der Waals surface area contributed by atoms with Gasteiger partial charge in [0.05, 0.1) is 36.9 Å². The Kier molecular flexibility index (Phi) is 6.65. The van der Waals surface area contributed by atoms with E-state index < -0.39 is 5.97 Å². The third kappa shape index (κ3) is 4.38. The molecule has 1 aliphatic heterocycles. The van der Waals surface area contributed by atoms with Crippen LogP contribution >= 0.6 is 12.2 Å². The highest BCUT2D eigenvalue weighted by molar-refractivity contribution is 7.80. The van der Waals surface area contributed by atoms with Crippen LogP contribution in [0.5, 0.6) is 0 Å². The lowest BCUT2D eigenvalue weighted by Crippen LogP contribution is -2.32. The van der Waals surface area contributed by atoms with E-state index in [1.807, 2.05) is 36.9 Å². The summed E-state index contributed by atoms with van der Waals surface area (Å²) in [4.78, 5) is 29.7. The number of pyridine rings is 1. The summed E-state index contributed by atoms with van der Waals surface area (Å²) in [5.74, 6) is -1.26. The van der Waals surface area contributed by atoms with Crippen molar-refractivity contribution < 1.29 is 19.4 Å². The maximum Gasteiger partial charge on any atom is 0.335 e. The Morgan fingerprint density at radius 1 is 1.18 bits per heavy atom. The molecule has 1 aromatic carbocycles. The average molecular weight is 479 g/mol. The van der Waals surface area contributed by atoms with Crippen molar-refractivity contribution in [3.8, 4) is 5.69 Å². The summed E-state index contributed by atoms with van der Waals surface area (Å²) < 4.78 is 6.93. The Labute approximate surface area is 203 Å². The lowest BCUT2D eigenvalue weighted by molar-refractivity contribution is -0.140. The highest BCUT2D eigenvalue weighted by atomic mass is 32.1. The fraction of sp³-hybridized carbons (Fsp3) is 0.280. The Hall–Kier alpha value is -3.72. The highest BCUT2D eigenvalue weighted by Crippen LogP contribution is 2.41. The molecule has 1 aliphatic rings. The third-order valence-corrected chi connectivity index (χ3v) is 6.50. The predicted octanol–water partition coefficient (Wildman–Crippen LogP) is 3.72. The molecule has 4 rings (SSSR count). The molecule has 34 heavy (non-hydrogen) atoms. The first-order valence-electron chi connectivity index (χ1n) is 10.9. The first kappa shape index (κ1) is 23.4. The minimum Gasteiger partial charge on any atom is -0.478 e. The number of ether oxygens (including phenoxy) is 1. The van der Waals surface area contributed by atoms with Gasteiger partial charge in [0, 0.05) is 29.8 Å². The molecule has 1 fully saturated rings. The van der Waals surface area contributed by atoms with Crippen LogP contribution in [0.2, 0.25) is 0 Å². The van der Waals surface area contributed by atoms with Crippen molar-refractivity contribution >= 4 is 29.3 Å². The van der Waals surface area contributed by atoms with Crippen LogP contribution in [0.1, 0.15) is 51.5 Å². The number of carbonyl (C=O) groups excluding carboxylic acids is 1. The molecule has 3 aromatic rings. The Bertz CT molecular complexity index is 1220. The SMILES string of the molecule is COC(=O)CCN1C(=S)N[C@H](c2ccccn2)[C@H]1c1cc(C)n(-c2ccc(C(=O)O)cc2)c1C. The maximum absolute atomic E-state index is 11.9. The second kappa shape index (κ2) is 9.64. The number of thiocarbonyl (C=S) groups is 1. The quantitative estimate of drug-likeness (QED) is 0.392. The van der Waals surface area contributed by atoms with Gasteiger partial charge < -0.3 is 24.6 Å². The molecular formula is C25H26N4O4S. The third-order valence-electron chi connectivity index (χ3n) is 6.14. The molecule has 2 aromatic heterocycles. The molecule has 2 atom stereocenters. The number of rotatable bonds is 7. The van der Waals surface area contributed by atoms with E-state index in [2.05, 4.69) is 20.9 Å². The van der Waals surface area contributed by atoms with Crippen LogP contribution in [0.25, 0.3) is 5.69 Å². The molecular weight excluding hydrogens is 452 g/mol. The van der Waals surface area contributed by atoms with E-state index in [0.717, 1.165) is 28.3 Å². The van der Waals surface area contributed by atoms with Crippen LogP contribution in [-0.2, 0) is 9.53 Å². The molecule has 8 nitrogen and oxygen atoms in total. The van der Waals surface area contributed by atoms with Gasteiger partial charge in [-0.15, -0.1) is 0 Å². The van der Waals surface area contributed by atoms with Crippen molar-refractivity contribution in [2.75, 3.05) is 13.7 Å². The largest absolute Gasteiger partial charge is 0.478 e. The van der Waals surface area contributed by atoms with Crippen LogP contribution < -0.4 is 5.32 Å². The first-order valence-corrected chi connectivity index (χ1v) is 11.3. The van der Waals surface area contributed by atoms with Crippen molar-refractivity contribution in [1.29, 1.82) is 0 Å². The van der Waals surface area contributed by atoms with E-state index in [0.29, 0.717) is 11.7 Å². The van der Waals surface area contributed by atoms with E-state index in [1.54, 1.807) is 30.5 Å². The number of hydrogen-bond acceptors (Lipinski definition) is 5. The normalized spacial score (nSPS) is 17.5. The summed E-state index contributed by atoms with van der Waals surface area (Å²) in [7, 11) is 1.38. The molecule has 9 heteroatoms. The van der Waals surface area contributed by atoms with Gasteiger partial charge in [0.15, 0.2) is 5.11 Å². The Morgan fingerprint density at radius 2 is 1.91 bits per heavy atom. The molecule has 0 spiro atoms. The second-order valence-corrected chi connectivity index (χ2v) is 8.55. The van der Waals surface area contributed by atoms with E-state index in [-0.39, 0.29) is 30.0 Å². The number of esters is 1. The van der Waals surface area contributed by atoms with E-state index in [1.165, 1.54) is 7.11 Å². The molecule has 1 saturated heterocycles. The van der Waals surface area contributed by atoms with Crippen LogP contribution in [0, 0.1) is 13.8 Å². The van der Waals surface area contributed by atoms with Crippen LogP contribution in [0.4, 0.5) is 0 Å². The monoisotopic (exact) mass is 478 g/mol. The predicted molar refractivity (Wildman–Crippen MR) is 131 cm³/mol. The molecule has 0 unspecified atom stereocenters. The second-order valence-electron chi connectivity index (χ2n) is 8.16. The summed E-state index contributed by atoms with van der Waals surface area (Å²) in [5, 5.41) is 13.2. The summed E-state index contributed by atoms with van der Waals surface area (Å²) in [6, 6.07) is 14.3. The molecule has 0 radical (unpaired) electrons. The van der Waals surface area contributed by atoms with Gasteiger partial charge in [-0.3, -0.25) is 9.78 Å². The summed E-state index contributed by atoms with van der Waals surface area (Å²) in [5.41, 5.74) is 5.01. The topological polar surface area (TPSA) is 96.7 Å². The number of nitrogens with one attached hydrogen (secondary N) is 1. The lowest BCUT2D eigenvalue weighted by Gasteiger charge is -2.28.